The molecule has 0 amide bonds. The van der Waals surface area contributed by atoms with Gasteiger partial charge in [0.15, 0.2) is 0 Å². The fourth-order valence-electron chi connectivity index (χ4n) is 0.822. The van der Waals surface area contributed by atoms with Crippen LogP contribution in [-0.4, -0.2) is 11.6 Å². The molecule has 12 heavy (non-hydrogen) atoms. The molecular weight excluding hydrogens is 241 g/mol. The van der Waals surface area contributed by atoms with Gasteiger partial charge in [0.2, 0.25) is 5.88 Å². The molecule has 66 valence electrons. The van der Waals surface area contributed by atoms with Gasteiger partial charge in [-0.25, -0.2) is 4.98 Å². The molecule has 2 nitrogen and oxygen atoms in total. The van der Waals surface area contributed by atoms with Crippen LogP contribution in [0.1, 0.15) is 12.5 Å². The Labute approximate surface area is 85.0 Å². The Morgan fingerprint density at radius 1 is 1.58 bits per heavy atom. The minimum absolute atomic E-state index is 0.468. The van der Waals surface area contributed by atoms with Gasteiger partial charge in [0.1, 0.15) is 5.15 Å². The highest BCUT2D eigenvalue weighted by Gasteiger charge is 1.99. The molecule has 0 radical (unpaired) electrons. The van der Waals surface area contributed by atoms with Gasteiger partial charge in [0.05, 0.1) is 6.61 Å². The van der Waals surface area contributed by atoms with Crippen molar-refractivity contribution in [3.05, 3.63) is 22.8 Å². The van der Waals surface area contributed by atoms with Crippen LogP contribution >= 0.6 is 27.5 Å². The Hall–Kier alpha value is -0.280. The van der Waals surface area contributed by atoms with Gasteiger partial charge in [0, 0.05) is 11.4 Å². The van der Waals surface area contributed by atoms with Gasteiger partial charge in [-0.05, 0) is 18.6 Å². The Morgan fingerprint density at radius 3 is 2.92 bits per heavy atom. The first-order valence-electron chi connectivity index (χ1n) is 3.61. The molecule has 0 aliphatic carbocycles. The van der Waals surface area contributed by atoms with E-state index in [-0.39, 0.29) is 0 Å². The first-order valence-corrected chi connectivity index (χ1v) is 5.11. The quantitative estimate of drug-likeness (QED) is 0.608. The molecule has 1 rings (SSSR count). The molecule has 0 spiro atoms. The molecule has 0 bridgehead atoms. The minimum Gasteiger partial charge on any atom is -0.478 e. The van der Waals surface area contributed by atoms with Crippen molar-refractivity contribution in [3.8, 4) is 5.88 Å². The Bertz CT molecular complexity index is 267. The number of hydrogen-bond acceptors (Lipinski definition) is 2. The van der Waals surface area contributed by atoms with Crippen molar-refractivity contribution in [2.24, 2.45) is 0 Å². The van der Waals surface area contributed by atoms with E-state index in [1.165, 1.54) is 0 Å². The lowest BCUT2D eigenvalue weighted by molar-refractivity contribution is 0.326. The maximum absolute atomic E-state index is 5.75. The van der Waals surface area contributed by atoms with Crippen molar-refractivity contribution in [1.29, 1.82) is 0 Å². The summed E-state index contributed by atoms with van der Waals surface area (Å²) in [6.45, 7) is 2.52. The van der Waals surface area contributed by atoms with Crippen molar-refractivity contribution in [2.45, 2.75) is 12.3 Å². The number of aromatic nitrogens is 1. The van der Waals surface area contributed by atoms with Crippen LogP contribution in [0.4, 0.5) is 0 Å². The van der Waals surface area contributed by atoms with Gasteiger partial charge in [-0.15, -0.1) is 0 Å². The molecule has 0 N–H and O–H groups in total. The SMILES string of the molecule is CCOc1cc(CBr)cc(Cl)n1. The maximum atomic E-state index is 5.75. The molecule has 0 atom stereocenters. The van der Waals surface area contributed by atoms with Gasteiger partial charge in [-0.3, -0.25) is 0 Å². The summed E-state index contributed by atoms with van der Waals surface area (Å²) in [5, 5.41) is 1.23. The van der Waals surface area contributed by atoms with Gasteiger partial charge in [-0.1, -0.05) is 27.5 Å². The van der Waals surface area contributed by atoms with Gasteiger partial charge >= 0.3 is 0 Å². The summed E-state index contributed by atoms with van der Waals surface area (Å²) < 4.78 is 5.21. The van der Waals surface area contributed by atoms with Gasteiger partial charge in [-0.2, -0.15) is 0 Å². The van der Waals surface area contributed by atoms with E-state index >= 15 is 0 Å². The Balaban J connectivity index is 2.90. The summed E-state index contributed by atoms with van der Waals surface area (Å²) in [5.74, 6) is 0.583. The number of ether oxygens (including phenoxy) is 1. The second kappa shape index (κ2) is 4.67. The fourth-order valence-corrected chi connectivity index (χ4v) is 1.37. The minimum atomic E-state index is 0.468. The molecule has 0 unspecified atom stereocenters. The first-order chi connectivity index (χ1) is 5.76. The van der Waals surface area contributed by atoms with Crippen molar-refractivity contribution in [2.75, 3.05) is 6.61 Å². The van der Waals surface area contributed by atoms with Crippen LogP contribution in [0.15, 0.2) is 12.1 Å². The number of pyridine rings is 1. The van der Waals surface area contributed by atoms with E-state index in [2.05, 4.69) is 20.9 Å². The van der Waals surface area contributed by atoms with Crippen LogP contribution in [0, 0.1) is 0 Å². The second-order valence-corrected chi connectivity index (χ2v) is 3.15. The molecule has 0 fully saturated rings. The predicted molar refractivity (Wildman–Crippen MR) is 53.0 cm³/mol. The number of hydrogen-bond donors (Lipinski definition) is 0. The first kappa shape index (κ1) is 9.81. The standard InChI is InChI=1S/C8H9BrClNO/c1-2-12-8-4-6(5-9)3-7(10)11-8/h3-4H,2,5H2,1H3. The molecular formula is C8H9BrClNO. The zero-order valence-electron chi connectivity index (χ0n) is 6.68. The third-order valence-electron chi connectivity index (χ3n) is 1.28. The predicted octanol–water partition coefficient (Wildman–Crippen LogP) is 3.03. The third kappa shape index (κ3) is 2.64. The van der Waals surface area contributed by atoms with Gasteiger partial charge in [0.25, 0.3) is 0 Å². The van der Waals surface area contributed by atoms with Crippen molar-refractivity contribution in [1.82, 2.24) is 4.98 Å². The summed E-state index contributed by atoms with van der Waals surface area (Å²) in [4.78, 5) is 3.99. The second-order valence-electron chi connectivity index (χ2n) is 2.20. The third-order valence-corrected chi connectivity index (χ3v) is 2.12. The smallest absolute Gasteiger partial charge is 0.214 e. The lowest BCUT2D eigenvalue weighted by Gasteiger charge is -2.03. The van der Waals surface area contributed by atoms with E-state index in [0.29, 0.717) is 17.6 Å². The molecule has 0 aromatic carbocycles. The van der Waals surface area contributed by atoms with E-state index in [9.17, 15) is 0 Å². The Kier molecular flexibility index (Phi) is 3.82. The number of rotatable bonds is 3. The van der Waals surface area contributed by atoms with Crippen molar-refractivity contribution >= 4 is 27.5 Å². The van der Waals surface area contributed by atoms with Crippen LogP contribution in [0.3, 0.4) is 0 Å². The molecule has 0 saturated heterocycles. The molecule has 1 heterocycles. The monoisotopic (exact) mass is 249 g/mol. The summed E-state index contributed by atoms with van der Waals surface area (Å²) in [7, 11) is 0. The average Bonchev–Trinajstić information content (AvgIpc) is 2.04. The normalized spacial score (nSPS) is 9.92. The number of alkyl halides is 1. The van der Waals surface area contributed by atoms with Crippen LogP contribution in [-0.2, 0) is 5.33 Å². The lowest BCUT2D eigenvalue weighted by atomic mass is 10.3. The zero-order valence-corrected chi connectivity index (χ0v) is 9.02. The highest BCUT2D eigenvalue weighted by atomic mass is 79.9. The number of nitrogens with zero attached hydrogens (tertiary/aromatic N) is 1. The summed E-state index contributed by atoms with van der Waals surface area (Å²) in [5.41, 5.74) is 1.07. The van der Waals surface area contributed by atoms with E-state index in [4.69, 9.17) is 16.3 Å². The van der Waals surface area contributed by atoms with E-state index in [1.807, 2.05) is 13.0 Å². The van der Waals surface area contributed by atoms with E-state index in [1.54, 1.807) is 6.07 Å². The topological polar surface area (TPSA) is 22.1 Å². The Morgan fingerprint density at radius 2 is 2.33 bits per heavy atom. The largest absolute Gasteiger partial charge is 0.478 e. The molecule has 0 aliphatic heterocycles. The highest BCUT2D eigenvalue weighted by Crippen LogP contribution is 2.17. The van der Waals surface area contributed by atoms with Crippen LogP contribution in [0.25, 0.3) is 0 Å². The summed E-state index contributed by atoms with van der Waals surface area (Å²) in [6.07, 6.45) is 0. The van der Waals surface area contributed by atoms with Crippen molar-refractivity contribution in [3.63, 3.8) is 0 Å². The summed E-state index contributed by atoms with van der Waals surface area (Å²) in [6, 6.07) is 3.67. The van der Waals surface area contributed by atoms with E-state index < -0.39 is 0 Å². The average molecular weight is 251 g/mol. The number of halogens is 2. The van der Waals surface area contributed by atoms with Gasteiger partial charge < -0.3 is 4.74 Å². The summed E-state index contributed by atoms with van der Waals surface area (Å²) >= 11 is 9.09. The zero-order chi connectivity index (χ0) is 8.97. The lowest BCUT2D eigenvalue weighted by Crippen LogP contribution is -1.95. The molecule has 0 saturated carbocycles. The van der Waals surface area contributed by atoms with Crippen LogP contribution in [0.5, 0.6) is 5.88 Å². The van der Waals surface area contributed by atoms with E-state index in [0.717, 1.165) is 10.9 Å². The van der Waals surface area contributed by atoms with Crippen LogP contribution < -0.4 is 4.74 Å². The van der Waals surface area contributed by atoms with Crippen LogP contribution in [0.2, 0.25) is 5.15 Å². The highest BCUT2D eigenvalue weighted by molar-refractivity contribution is 9.08. The molecule has 4 heteroatoms. The molecule has 1 aromatic heterocycles. The van der Waals surface area contributed by atoms with Crippen molar-refractivity contribution < 1.29 is 4.74 Å². The molecule has 1 aromatic rings. The fraction of sp³-hybridized carbons (Fsp3) is 0.375. The molecule has 0 aliphatic rings. The maximum Gasteiger partial charge on any atom is 0.214 e.